The summed E-state index contributed by atoms with van der Waals surface area (Å²) < 4.78 is 1.60. The van der Waals surface area contributed by atoms with Crippen LogP contribution in [0, 0.1) is 5.92 Å². The molecule has 8 nitrogen and oxygen atoms in total. The number of carbonyl (C=O) groups excluding carboxylic acids is 1. The van der Waals surface area contributed by atoms with E-state index < -0.39 is 0 Å². The van der Waals surface area contributed by atoms with Crippen LogP contribution < -0.4 is 5.56 Å². The molecule has 0 aromatic carbocycles. The number of amides is 1. The molecule has 2 aromatic rings. The van der Waals surface area contributed by atoms with Crippen molar-refractivity contribution in [1.29, 1.82) is 0 Å². The largest absolute Gasteiger partial charge is 0.336 e. The second-order valence-electron chi connectivity index (χ2n) is 6.62. The molecule has 1 saturated heterocycles. The summed E-state index contributed by atoms with van der Waals surface area (Å²) in [6, 6.07) is 3.48. The minimum atomic E-state index is -0.114. The standard InChI is InChI=1S/C16H20N6O2/c23-14-4-3-13(12-1-2-12)20-22(14)9-11-5-7-21(8-6-11)16(24)15-17-10-18-19-15/h3-4,10-12H,1-2,5-9H2,(H,17,18,19). The van der Waals surface area contributed by atoms with Crippen molar-refractivity contribution in [2.45, 2.75) is 38.1 Å². The van der Waals surface area contributed by atoms with Gasteiger partial charge in [-0.05, 0) is 37.7 Å². The lowest BCUT2D eigenvalue weighted by Crippen LogP contribution is -2.40. The van der Waals surface area contributed by atoms with Crippen molar-refractivity contribution in [3.8, 4) is 0 Å². The Labute approximate surface area is 138 Å². The van der Waals surface area contributed by atoms with E-state index >= 15 is 0 Å². The number of nitrogens with one attached hydrogen (secondary N) is 1. The number of H-pyrrole nitrogens is 1. The van der Waals surface area contributed by atoms with E-state index in [0.29, 0.717) is 31.5 Å². The minimum Gasteiger partial charge on any atom is -0.336 e. The van der Waals surface area contributed by atoms with Crippen LogP contribution in [0.4, 0.5) is 0 Å². The van der Waals surface area contributed by atoms with Gasteiger partial charge in [0.25, 0.3) is 11.5 Å². The molecular weight excluding hydrogens is 308 g/mol. The highest BCUT2D eigenvalue weighted by molar-refractivity contribution is 5.90. The first kappa shape index (κ1) is 15.0. The second-order valence-corrected chi connectivity index (χ2v) is 6.62. The molecule has 0 radical (unpaired) electrons. The monoisotopic (exact) mass is 328 g/mol. The Morgan fingerprint density at radius 2 is 2.00 bits per heavy atom. The van der Waals surface area contributed by atoms with Gasteiger partial charge in [0.1, 0.15) is 6.33 Å². The Hall–Kier alpha value is -2.51. The quantitative estimate of drug-likeness (QED) is 0.895. The first-order chi connectivity index (χ1) is 11.7. The van der Waals surface area contributed by atoms with Crippen LogP contribution in [-0.4, -0.2) is 48.9 Å². The van der Waals surface area contributed by atoms with Crippen molar-refractivity contribution in [2.24, 2.45) is 5.92 Å². The van der Waals surface area contributed by atoms with E-state index in [1.165, 1.54) is 19.2 Å². The van der Waals surface area contributed by atoms with Gasteiger partial charge in [0.2, 0.25) is 5.82 Å². The van der Waals surface area contributed by atoms with Crippen molar-refractivity contribution in [1.82, 2.24) is 29.9 Å². The first-order valence-corrected chi connectivity index (χ1v) is 8.43. The molecule has 1 amide bonds. The topological polar surface area (TPSA) is 96.8 Å². The molecular formula is C16H20N6O2. The molecule has 24 heavy (non-hydrogen) atoms. The number of aromatic amines is 1. The number of rotatable bonds is 4. The fraction of sp³-hybridized carbons (Fsp3) is 0.562. The molecule has 0 unspecified atom stereocenters. The minimum absolute atomic E-state index is 0.0421. The third kappa shape index (κ3) is 3.08. The number of hydrogen-bond acceptors (Lipinski definition) is 5. The zero-order chi connectivity index (χ0) is 16.5. The Kier molecular flexibility index (Phi) is 3.87. The van der Waals surface area contributed by atoms with Gasteiger partial charge in [-0.15, -0.1) is 0 Å². The number of likely N-dealkylation sites (tertiary alicyclic amines) is 1. The summed E-state index contributed by atoms with van der Waals surface area (Å²) in [5.74, 6) is 1.07. The van der Waals surface area contributed by atoms with E-state index in [1.54, 1.807) is 15.6 Å². The lowest BCUT2D eigenvalue weighted by Gasteiger charge is -2.31. The molecule has 0 bridgehead atoms. The van der Waals surface area contributed by atoms with E-state index in [-0.39, 0.29) is 17.3 Å². The summed E-state index contributed by atoms with van der Waals surface area (Å²) in [6.07, 6.45) is 5.41. The van der Waals surface area contributed by atoms with Crippen molar-refractivity contribution >= 4 is 5.91 Å². The van der Waals surface area contributed by atoms with Crippen molar-refractivity contribution in [2.75, 3.05) is 13.1 Å². The van der Waals surface area contributed by atoms with Gasteiger partial charge >= 0.3 is 0 Å². The van der Waals surface area contributed by atoms with Gasteiger partial charge in [-0.3, -0.25) is 14.7 Å². The maximum absolute atomic E-state index is 12.2. The molecule has 3 heterocycles. The van der Waals surface area contributed by atoms with Crippen molar-refractivity contribution < 1.29 is 4.79 Å². The fourth-order valence-electron chi connectivity index (χ4n) is 3.21. The van der Waals surface area contributed by atoms with Gasteiger partial charge < -0.3 is 4.90 Å². The summed E-state index contributed by atoms with van der Waals surface area (Å²) in [4.78, 5) is 30.0. The first-order valence-electron chi connectivity index (χ1n) is 8.43. The van der Waals surface area contributed by atoms with E-state index in [4.69, 9.17) is 0 Å². The summed E-state index contributed by atoms with van der Waals surface area (Å²) in [5, 5.41) is 10.8. The van der Waals surface area contributed by atoms with Gasteiger partial charge in [0.15, 0.2) is 0 Å². The normalized spacial score (nSPS) is 18.8. The summed E-state index contributed by atoms with van der Waals surface area (Å²) >= 11 is 0. The van der Waals surface area contributed by atoms with Crippen LogP contribution in [-0.2, 0) is 6.54 Å². The van der Waals surface area contributed by atoms with E-state index in [0.717, 1.165) is 18.5 Å². The van der Waals surface area contributed by atoms with Crippen LogP contribution in [0.25, 0.3) is 0 Å². The third-order valence-corrected chi connectivity index (χ3v) is 4.83. The Morgan fingerprint density at radius 3 is 2.67 bits per heavy atom. The molecule has 2 fully saturated rings. The molecule has 1 aliphatic heterocycles. The number of nitrogens with zero attached hydrogens (tertiary/aromatic N) is 5. The van der Waals surface area contributed by atoms with Crippen LogP contribution >= 0.6 is 0 Å². The van der Waals surface area contributed by atoms with Crippen molar-refractivity contribution in [3.05, 3.63) is 40.3 Å². The lowest BCUT2D eigenvalue weighted by molar-refractivity contribution is 0.0668. The van der Waals surface area contributed by atoms with Crippen LogP contribution in [0.2, 0.25) is 0 Å². The molecule has 126 valence electrons. The number of piperidine rings is 1. The predicted molar refractivity (Wildman–Crippen MR) is 85.5 cm³/mol. The molecule has 1 aliphatic carbocycles. The highest BCUT2D eigenvalue weighted by Gasteiger charge is 2.27. The number of carbonyl (C=O) groups is 1. The predicted octanol–water partition coefficient (Wildman–Crippen LogP) is 0.791. The Morgan fingerprint density at radius 1 is 1.21 bits per heavy atom. The van der Waals surface area contributed by atoms with Gasteiger partial charge in [-0.2, -0.15) is 10.2 Å². The smallest absolute Gasteiger partial charge is 0.291 e. The lowest BCUT2D eigenvalue weighted by atomic mass is 9.96. The highest BCUT2D eigenvalue weighted by Crippen LogP contribution is 2.38. The number of hydrogen-bond donors (Lipinski definition) is 1. The third-order valence-electron chi connectivity index (χ3n) is 4.83. The summed E-state index contributed by atoms with van der Waals surface area (Å²) in [7, 11) is 0. The van der Waals surface area contributed by atoms with Crippen LogP contribution in [0.1, 0.15) is 47.9 Å². The molecule has 8 heteroatoms. The van der Waals surface area contributed by atoms with Gasteiger partial charge in [-0.25, -0.2) is 9.67 Å². The van der Waals surface area contributed by atoms with Crippen LogP contribution in [0.5, 0.6) is 0 Å². The molecule has 4 rings (SSSR count). The fourth-order valence-corrected chi connectivity index (χ4v) is 3.21. The van der Waals surface area contributed by atoms with E-state index in [9.17, 15) is 9.59 Å². The second kappa shape index (κ2) is 6.18. The van der Waals surface area contributed by atoms with E-state index in [1.807, 2.05) is 6.07 Å². The molecule has 1 N–H and O–H groups in total. The summed E-state index contributed by atoms with van der Waals surface area (Å²) in [6.45, 7) is 1.96. The molecule has 2 aliphatic rings. The number of aromatic nitrogens is 5. The Balaban J connectivity index is 1.37. The van der Waals surface area contributed by atoms with Gasteiger partial charge in [-0.1, -0.05) is 0 Å². The molecule has 1 saturated carbocycles. The van der Waals surface area contributed by atoms with Crippen LogP contribution in [0.3, 0.4) is 0 Å². The zero-order valence-electron chi connectivity index (χ0n) is 13.4. The average molecular weight is 328 g/mol. The van der Waals surface area contributed by atoms with E-state index in [2.05, 4.69) is 20.3 Å². The highest BCUT2D eigenvalue weighted by atomic mass is 16.2. The van der Waals surface area contributed by atoms with Crippen molar-refractivity contribution in [3.63, 3.8) is 0 Å². The Bertz CT molecular complexity index is 772. The average Bonchev–Trinajstić information content (AvgIpc) is 3.31. The van der Waals surface area contributed by atoms with Gasteiger partial charge in [0.05, 0.1) is 5.69 Å². The summed E-state index contributed by atoms with van der Waals surface area (Å²) in [5.41, 5.74) is 0.993. The maximum Gasteiger partial charge on any atom is 0.291 e. The molecule has 2 aromatic heterocycles. The SMILES string of the molecule is O=C(c1ncn[nH]1)N1CCC(Cn2nc(C3CC3)ccc2=O)CC1. The molecule has 0 atom stereocenters. The van der Waals surface area contributed by atoms with Gasteiger partial charge in [0, 0.05) is 31.6 Å². The molecule has 0 spiro atoms. The maximum atomic E-state index is 12.2. The zero-order valence-corrected chi connectivity index (χ0v) is 13.4. The van der Waals surface area contributed by atoms with Crippen LogP contribution in [0.15, 0.2) is 23.3 Å².